The average molecular weight is 406 g/mol. The van der Waals surface area contributed by atoms with Gasteiger partial charge in [-0.25, -0.2) is 0 Å². The van der Waals surface area contributed by atoms with Crippen molar-refractivity contribution in [3.05, 3.63) is 58.1 Å². The number of ether oxygens (including phenoxy) is 3. The van der Waals surface area contributed by atoms with E-state index in [1.165, 1.54) is 20.1 Å². The summed E-state index contributed by atoms with van der Waals surface area (Å²) in [6.45, 7) is 1.87. The van der Waals surface area contributed by atoms with E-state index in [0.29, 0.717) is 42.1 Å². The molecule has 0 amide bonds. The molecule has 0 saturated carbocycles. The van der Waals surface area contributed by atoms with Crippen molar-refractivity contribution in [3.63, 3.8) is 0 Å². The molecule has 154 valence electrons. The number of methoxy groups -OCH3 is 1. The minimum atomic E-state index is -4.37. The van der Waals surface area contributed by atoms with Crippen molar-refractivity contribution in [2.75, 3.05) is 13.7 Å². The Kier molecular flexibility index (Phi) is 4.92. The van der Waals surface area contributed by atoms with Crippen LogP contribution in [-0.4, -0.2) is 19.7 Å². The third-order valence-electron chi connectivity index (χ3n) is 5.63. The van der Waals surface area contributed by atoms with Crippen LogP contribution in [0.1, 0.15) is 52.7 Å². The molecule has 1 aliphatic carbocycles. The monoisotopic (exact) mass is 406 g/mol. The van der Waals surface area contributed by atoms with Crippen molar-refractivity contribution in [1.29, 1.82) is 0 Å². The highest BCUT2D eigenvalue weighted by atomic mass is 19.4. The molecule has 29 heavy (non-hydrogen) atoms. The summed E-state index contributed by atoms with van der Waals surface area (Å²) in [4.78, 5) is 11.5. The van der Waals surface area contributed by atoms with Crippen LogP contribution in [0.5, 0.6) is 11.5 Å². The Balaban J connectivity index is 1.55. The van der Waals surface area contributed by atoms with Gasteiger partial charge in [0.25, 0.3) is 0 Å². The summed E-state index contributed by atoms with van der Waals surface area (Å²) in [6.07, 6.45) is -3.75. The van der Waals surface area contributed by atoms with Crippen LogP contribution in [0.25, 0.3) is 0 Å². The van der Waals surface area contributed by atoms with Crippen LogP contribution < -0.4 is 9.47 Å². The molecule has 4 nitrogen and oxygen atoms in total. The lowest BCUT2D eigenvalue weighted by Gasteiger charge is -2.18. The van der Waals surface area contributed by atoms with Gasteiger partial charge in [-0.2, -0.15) is 13.2 Å². The first-order valence-electron chi connectivity index (χ1n) is 9.47. The van der Waals surface area contributed by atoms with Gasteiger partial charge in [0, 0.05) is 17.5 Å². The third kappa shape index (κ3) is 3.66. The second-order valence-corrected chi connectivity index (χ2v) is 7.46. The van der Waals surface area contributed by atoms with E-state index in [9.17, 15) is 18.0 Å². The molecule has 7 heteroatoms. The van der Waals surface area contributed by atoms with E-state index < -0.39 is 17.8 Å². The molecule has 4 rings (SSSR count). The number of carbonyl (C=O) groups is 1. The van der Waals surface area contributed by atoms with Crippen LogP contribution in [-0.2, 0) is 22.1 Å². The molecular weight excluding hydrogens is 385 g/mol. The zero-order chi connectivity index (χ0) is 20.8. The predicted molar refractivity (Wildman–Crippen MR) is 99.2 cm³/mol. The van der Waals surface area contributed by atoms with E-state index >= 15 is 0 Å². The minimum Gasteiger partial charge on any atom is -0.492 e. The summed E-state index contributed by atoms with van der Waals surface area (Å²) in [6, 6.07) is 8.59. The van der Waals surface area contributed by atoms with Crippen LogP contribution in [0.4, 0.5) is 13.2 Å². The van der Waals surface area contributed by atoms with Crippen molar-refractivity contribution in [1.82, 2.24) is 0 Å². The number of alkyl halides is 3. The number of esters is 1. The van der Waals surface area contributed by atoms with Gasteiger partial charge >= 0.3 is 12.1 Å². The number of benzene rings is 2. The van der Waals surface area contributed by atoms with Crippen LogP contribution in [0.3, 0.4) is 0 Å². The van der Waals surface area contributed by atoms with Crippen LogP contribution in [0, 0.1) is 6.92 Å². The lowest BCUT2D eigenvalue weighted by Crippen LogP contribution is -2.12. The minimum absolute atomic E-state index is 0.0731. The molecule has 0 aromatic heterocycles. The topological polar surface area (TPSA) is 44.8 Å². The molecule has 0 spiro atoms. The first-order chi connectivity index (χ1) is 13.8. The number of hydrogen-bond donors (Lipinski definition) is 0. The number of hydrogen-bond acceptors (Lipinski definition) is 4. The Morgan fingerprint density at radius 1 is 1.21 bits per heavy atom. The summed E-state index contributed by atoms with van der Waals surface area (Å²) in [5.74, 6) is 0.796. The number of rotatable bonds is 4. The fourth-order valence-corrected chi connectivity index (χ4v) is 4.25. The molecule has 2 atom stereocenters. The van der Waals surface area contributed by atoms with E-state index in [4.69, 9.17) is 14.2 Å². The Morgan fingerprint density at radius 3 is 2.69 bits per heavy atom. The van der Waals surface area contributed by atoms with Crippen molar-refractivity contribution in [2.24, 2.45) is 0 Å². The van der Waals surface area contributed by atoms with Crippen LogP contribution in [0.15, 0.2) is 30.3 Å². The van der Waals surface area contributed by atoms with E-state index in [2.05, 4.69) is 0 Å². The summed E-state index contributed by atoms with van der Waals surface area (Å²) < 4.78 is 56.8. The molecule has 2 aliphatic rings. The van der Waals surface area contributed by atoms with Crippen molar-refractivity contribution in [2.45, 2.75) is 44.4 Å². The largest absolute Gasteiger partial charge is 0.492 e. The quantitative estimate of drug-likeness (QED) is 0.662. The lowest BCUT2D eigenvalue weighted by atomic mass is 9.97. The molecule has 0 bridgehead atoms. The number of halogens is 3. The lowest BCUT2D eigenvalue weighted by molar-refractivity contribution is -0.141. The molecule has 0 radical (unpaired) electrons. The van der Waals surface area contributed by atoms with Gasteiger partial charge in [-0.1, -0.05) is 18.2 Å². The molecule has 2 unspecified atom stereocenters. The second kappa shape index (κ2) is 7.28. The van der Waals surface area contributed by atoms with Crippen molar-refractivity contribution >= 4 is 5.97 Å². The normalized spacial score (nSPS) is 20.0. The van der Waals surface area contributed by atoms with Crippen LogP contribution in [0.2, 0.25) is 0 Å². The molecule has 0 N–H and O–H groups in total. The molecule has 1 aliphatic heterocycles. The van der Waals surface area contributed by atoms with Gasteiger partial charge in [0.15, 0.2) is 0 Å². The van der Waals surface area contributed by atoms with Gasteiger partial charge in [0.1, 0.15) is 17.6 Å². The molecule has 2 aromatic carbocycles. The molecular formula is C22H21F3O4. The predicted octanol–water partition coefficient (Wildman–Crippen LogP) is 5.12. The van der Waals surface area contributed by atoms with E-state index in [-0.39, 0.29) is 23.9 Å². The number of aryl methyl sites for hydroxylation is 1. The first-order valence-corrected chi connectivity index (χ1v) is 9.47. The smallest absolute Gasteiger partial charge is 0.416 e. The second-order valence-electron chi connectivity index (χ2n) is 7.46. The van der Waals surface area contributed by atoms with Crippen LogP contribution >= 0.6 is 0 Å². The number of carbonyl (C=O) groups excluding carboxylic acids is 1. The number of fused-ring (bicyclic) bond motifs is 2. The Hall–Kier alpha value is -2.70. The Bertz CT molecular complexity index is 952. The molecule has 0 fully saturated rings. The molecule has 2 aromatic rings. The maximum atomic E-state index is 13.5. The standard InChI is InChI=1S/C22H21F3O4/c1-12-3-5-16-17(21(12)22(23,24)25)7-8-18(16)29-14-4-6-15-13(9-20(26)27-2)11-28-19(15)10-14/h3-6,10,13,18H,7-9,11H2,1-2H3. The average Bonchev–Trinajstić information content (AvgIpc) is 3.24. The van der Waals surface area contributed by atoms with Gasteiger partial charge in [-0.05, 0) is 42.5 Å². The van der Waals surface area contributed by atoms with E-state index in [1.807, 2.05) is 6.07 Å². The summed E-state index contributed by atoms with van der Waals surface area (Å²) in [5, 5.41) is 0. The van der Waals surface area contributed by atoms with E-state index in [1.54, 1.807) is 18.2 Å². The first kappa shape index (κ1) is 19.6. The SMILES string of the molecule is COC(=O)CC1COc2cc(OC3CCc4c3ccc(C)c4C(F)(F)F)ccc21. The molecule has 1 heterocycles. The maximum Gasteiger partial charge on any atom is 0.416 e. The highest BCUT2D eigenvalue weighted by Gasteiger charge is 2.39. The van der Waals surface area contributed by atoms with Gasteiger partial charge in [0.2, 0.25) is 0 Å². The summed E-state index contributed by atoms with van der Waals surface area (Å²) in [5.41, 5.74) is 1.53. The van der Waals surface area contributed by atoms with Gasteiger partial charge in [-0.3, -0.25) is 4.79 Å². The fourth-order valence-electron chi connectivity index (χ4n) is 4.25. The van der Waals surface area contributed by atoms with Gasteiger partial charge in [-0.15, -0.1) is 0 Å². The van der Waals surface area contributed by atoms with Gasteiger partial charge in [0.05, 0.1) is 25.7 Å². The van der Waals surface area contributed by atoms with Crippen molar-refractivity contribution in [3.8, 4) is 11.5 Å². The van der Waals surface area contributed by atoms with Crippen molar-refractivity contribution < 1.29 is 32.2 Å². The summed E-state index contributed by atoms with van der Waals surface area (Å²) >= 11 is 0. The maximum absolute atomic E-state index is 13.5. The Labute approximate surface area is 166 Å². The van der Waals surface area contributed by atoms with Gasteiger partial charge < -0.3 is 14.2 Å². The summed E-state index contributed by atoms with van der Waals surface area (Å²) in [7, 11) is 1.35. The Morgan fingerprint density at radius 2 is 1.97 bits per heavy atom. The van der Waals surface area contributed by atoms with E-state index in [0.717, 1.165) is 5.56 Å². The zero-order valence-corrected chi connectivity index (χ0v) is 16.1. The zero-order valence-electron chi connectivity index (χ0n) is 16.1. The fraction of sp³-hybridized carbons (Fsp3) is 0.409. The third-order valence-corrected chi connectivity index (χ3v) is 5.63. The highest BCUT2D eigenvalue weighted by Crippen LogP contribution is 2.45. The highest BCUT2D eigenvalue weighted by molar-refractivity contribution is 5.71. The molecule has 0 saturated heterocycles.